The molecule has 1 amide bonds. The Labute approximate surface area is 186 Å². The van der Waals surface area contributed by atoms with Crippen LogP contribution < -0.4 is 11.1 Å². The highest BCUT2D eigenvalue weighted by Crippen LogP contribution is 2.15. The van der Waals surface area contributed by atoms with Gasteiger partial charge in [-0.25, -0.2) is 9.59 Å². The van der Waals surface area contributed by atoms with E-state index in [9.17, 15) is 9.59 Å². The minimum absolute atomic E-state index is 0.419. The molecule has 6 nitrogen and oxygen atoms in total. The number of ether oxygens (including phenoxy) is 2. The summed E-state index contributed by atoms with van der Waals surface area (Å²) in [6.45, 7) is 1.18. The molecule has 2 aromatic carbocycles. The molecule has 0 aliphatic carbocycles. The number of hydrogen-bond donors (Lipinski definition) is 2. The molecule has 0 atom stereocenters. The summed E-state index contributed by atoms with van der Waals surface area (Å²) in [5.74, 6) is 0. The minimum atomic E-state index is -0.773. The number of benzene rings is 2. The topological polar surface area (TPSA) is 90.6 Å². The number of nitrogens with two attached hydrogens (primary N) is 1. The predicted octanol–water partition coefficient (Wildman–Crippen LogP) is 5.07. The van der Waals surface area contributed by atoms with Gasteiger partial charge in [0.2, 0.25) is 0 Å². The van der Waals surface area contributed by atoms with Crippen LogP contribution in [0.5, 0.6) is 0 Å². The molecule has 0 heterocycles. The van der Waals surface area contributed by atoms with Gasteiger partial charge >= 0.3 is 11.5 Å². The summed E-state index contributed by atoms with van der Waals surface area (Å²) in [6, 6.07) is 15.3. The summed E-state index contributed by atoms with van der Waals surface area (Å²) in [5, 5.41) is 4.12. The van der Waals surface area contributed by atoms with Crippen molar-refractivity contribution in [3.8, 4) is 0 Å². The Balaban J connectivity index is 0.000000455. The molecule has 0 saturated heterocycles. The van der Waals surface area contributed by atoms with E-state index in [4.69, 9.17) is 28.9 Å². The van der Waals surface area contributed by atoms with Crippen molar-refractivity contribution in [1.82, 2.24) is 5.32 Å². The predicted molar refractivity (Wildman–Crippen MR) is 118 cm³/mol. The lowest BCUT2D eigenvalue weighted by atomic mass is 10.1. The Hall–Kier alpha value is -1.99. The monoisotopic (exact) mass is 462 g/mol. The van der Waals surface area contributed by atoms with Crippen LogP contribution in [-0.4, -0.2) is 38.8 Å². The van der Waals surface area contributed by atoms with Crippen LogP contribution >= 0.6 is 34.8 Å². The quantitative estimate of drug-likeness (QED) is 0.604. The van der Waals surface area contributed by atoms with Crippen LogP contribution in [0.1, 0.15) is 11.1 Å². The van der Waals surface area contributed by atoms with Crippen LogP contribution in [0.25, 0.3) is 0 Å². The summed E-state index contributed by atoms with van der Waals surface area (Å²) in [4.78, 5) is 20.1. The second-order valence-corrected chi connectivity index (χ2v) is 6.45. The van der Waals surface area contributed by atoms with E-state index in [1.807, 2.05) is 48.5 Å². The van der Waals surface area contributed by atoms with Gasteiger partial charge in [0, 0.05) is 28.2 Å². The standard InChI is InChI=1S/C10H12ClNO2.C8H10ClN.C2H3ClO2/c1-14-10(13)12-7-6-8-4-2-3-5-9(8)11;9-8-4-2-1-3-7(8)5-6-10;1-5-2(3)4/h2-5H,6-7H2,1H3,(H,12,13);1-4H,5-6,10H2;1H3. The van der Waals surface area contributed by atoms with Crippen molar-refractivity contribution < 1.29 is 19.1 Å². The fraction of sp³-hybridized carbons (Fsp3) is 0.300. The lowest BCUT2D eigenvalue weighted by Crippen LogP contribution is -2.25. The van der Waals surface area contributed by atoms with Crippen molar-refractivity contribution in [1.29, 1.82) is 0 Å². The number of hydrogen-bond acceptors (Lipinski definition) is 5. The van der Waals surface area contributed by atoms with Crippen LogP contribution in [0, 0.1) is 0 Å². The molecule has 0 aliphatic heterocycles. The molecular weight excluding hydrogens is 439 g/mol. The van der Waals surface area contributed by atoms with Gasteiger partial charge in [0.15, 0.2) is 0 Å². The van der Waals surface area contributed by atoms with E-state index in [0.717, 1.165) is 27.6 Å². The molecule has 0 radical (unpaired) electrons. The Kier molecular flexibility index (Phi) is 15.8. The lowest BCUT2D eigenvalue weighted by molar-refractivity contribution is 0.171. The summed E-state index contributed by atoms with van der Waals surface area (Å²) in [5.41, 5.74) is 6.75. The Morgan fingerprint density at radius 3 is 1.72 bits per heavy atom. The number of alkyl carbamates (subject to hydrolysis) is 1. The van der Waals surface area contributed by atoms with E-state index in [0.29, 0.717) is 19.5 Å². The first-order chi connectivity index (χ1) is 13.8. The first-order valence-corrected chi connectivity index (χ1v) is 9.71. The molecule has 0 aromatic heterocycles. The summed E-state index contributed by atoms with van der Waals surface area (Å²) in [7, 11) is 2.56. The highest BCUT2D eigenvalue weighted by molar-refractivity contribution is 6.61. The summed E-state index contributed by atoms with van der Waals surface area (Å²) >= 11 is 16.4. The molecule has 29 heavy (non-hydrogen) atoms. The Bertz CT molecular complexity index is 745. The molecule has 0 spiro atoms. The smallest absolute Gasteiger partial charge is 0.406 e. The third kappa shape index (κ3) is 13.8. The zero-order valence-electron chi connectivity index (χ0n) is 16.3. The normalized spacial score (nSPS) is 9.17. The fourth-order valence-corrected chi connectivity index (χ4v) is 2.39. The summed E-state index contributed by atoms with van der Waals surface area (Å²) in [6.07, 6.45) is 1.14. The molecule has 0 aliphatic rings. The first kappa shape index (κ1) is 27.0. The number of methoxy groups -OCH3 is 2. The van der Waals surface area contributed by atoms with E-state index in [1.54, 1.807) is 0 Å². The molecule has 0 fully saturated rings. The van der Waals surface area contributed by atoms with Crippen molar-refractivity contribution in [3.05, 3.63) is 69.7 Å². The number of carbonyl (C=O) groups is 2. The maximum atomic E-state index is 10.7. The average molecular weight is 464 g/mol. The molecule has 0 bridgehead atoms. The van der Waals surface area contributed by atoms with Crippen LogP contribution in [0.4, 0.5) is 9.59 Å². The highest BCUT2D eigenvalue weighted by atomic mass is 35.5. The molecule has 3 N–H and O–H groups in total. The summed E-state index contributed by atoms with van der Waals surface area (Å²) < 4.78 is 8.31. The Morgan fingerprint density at radius 1 is 0.897 bits per heavy atom. The Morgan fingerprint density at radius 2 is 1.34 bits per heavy atom. The lowest BCUT2D eigenvalue weighted by Gasteiger charge is -2.04. The maximum absolute atomic E-state index is 10.7. The van der Waals surface area contributed by atoms with Gasteiger partial charge in [-0.15, -0.1) is 0 Å². The van der Waals surface area contributed by atoms with E-state index in [1.165, 1.54) is 14.2 Å². The molecule has 2 aromatic rings. The van der Waals surface area contributed by atoms with E-state index in [-0.39, 0.29) is 0 Å². The molecule has 2 rings (SSSR count). The first-order valence-electron chi connectivity index (χ1n) is 8.57. The molecule has 9 heteroatoms. The zero-order valence-corrected chi connectivity index (χ0v) is 18.6. The van der Waals surface area contributed by atoms with Crippen molar-refractivity contribution in [2.24, 2.45) is 5.73 Å². The van der Waals surface area contributed by atoms with Crippen LogP contribution in [-0.2, 0) is 22.3 Å². The van der Waals surface area contributed by atoms with Gasteiger partial charge in [-0.1, -0.05) is 59.6 Å². The van der Waals surface area contributed by atoms with Gasteiger partial charge in [-0.05, 0) is 42.6 Å². The molecule has 0 saturated carbocycles. The zero-order chi connectivity index (χ0) is 22.1. The largest absolute Gasteiger partial charge is 0.457 e. The SMILES string of the molecule is COC(=O)Cl.COC(=O)NCCc1ccccc1Cl.NCCc1ccccc1Cl. The average Bonchev–Trinajstić information content (AvgIpc) is 2.72. The maximum Gasteiger partial charge on any atom is 0.406 e. The van der Waals surface area contributed by atoms with Crippen molar-refractivity contribution >= 4 is 46.3 Å². The van der Waals surface area contributed by atoms with Gasteiger partial charge < -0.3 is 20.5 Å². The van der Waals surface area contributed by atoms with Crippen molar-refractivity contribution in [3.63, 3.8) is 0 Å². The fourth-order valence-electron chi connectivity index (χ4n) is 1.93. The minimum Gasteiger partial charge on any atom is -0.457 e. The van der Waals surface area contributed by atoms with Crippen molar-refractivity contribution in [2.45, 2.75) is 12.8 Å². The van der Waals surface area contributed by atoms with Crippen LogP contribution in [0.2, 0.25) is 10.0 Å². The number of amides is 1. The second-order valence-electron chi connectivity index (χ2n) is 5.33. The molecule has 160 valence electrons. The second kappa shape index (κ2) is 16.9. The van der Waals surface area contributed by atoms with Gasteiger partial charge in [-0.2, -0.15) is 0 Å². The van der Waals surface area contributed by atoms with Crippen LogP contribution in [0.15, 0.2) is 48.5 Å². The van der Waals surface area contributed by atoms with E-state index >= 15 is 0 Å². The number of halogens is 3. The van der Waals surface area contributed by atoms with Crippen molar-refractivity contribution in [2.75, 3.05) is 27.3 Å². The highest BCUT2D eigenvalue weighted by Gasteiger charge is 2.00. The number of rotatable bonds is 5. The van der Waals surface area contributed by atoms with E-state index in [2.05, 4.69) is 26.4 Å². The van der Waals surface area contributed by atoms with Crippen LogP contribution in [0.3, 0.4) is 0 Å². The van der Waals surface area contributed by atoms with Gasteiger partial charge in [0.05, 0.1) is 14.2 Å². The van der Waals surface area contributed by atoms with E-state index < -0.39 is 11.5 Å². The third-order valence-electron chi connectivity index (χ3n) is 3.34. The third-order valence-corrected chi connectivity index (χ3v) is 4.23. The molecular formula is C20H25Cl3N2O4. The number of carbonyl (C=O) groups excluding carboxylic acids is 2. The van der Waals surface area contributed by atoms with Gasteiger partial charge in [0.25, 0.3) is 0 Å². The number of nitrogens with one attached hydrogen (secondary N) is 1. The van der Waals surface area contributed by atoms with Gasteiger partial charge in [-0.3, -0.25) is 0 Å². The molecule has 0 unspecified atom stereocenters. The van der Waals surface area contributed by atoms with Gasteiger partial charge in [0.1, 0.15) is 0 Å².